The number of piperazine rings is 1. The Morgan fingerprint density at radius 1 is 1.04 bits per heavy atom. The maximum absolute atomic E-state index is 12.9. The maximum atomic E-state index is 12.9. The number of carbonyl (C=O) groups is 1. The van der Waals surface area contributed by atoms with Crippen molar-refractivity contribution in [1.82, 2.24) is 13.5 Å². The Hall–Kier alpha value is -1.10. The molecule has 2 aliphatic heterocycles. The third-order valence-electron chi connectivity index (χ3n) is 4.74. The molecule has 2 heterocycles. The van der Waals surface area contributed by atoms with E-state index in [1.807, 2.05) is 13.8 Å². The van der Waals surface area contributed by atoms with Crippen LogP contribution >= 0.6 is 23.2 Å². The van der Waals surface area contributed by atoms with Gasteiger partial charge in [0, 0.05) is 45.0 Å². The summed E-state index contributed by atoms with van der Waals surface area (Å²) in [5.41, 5.74) is 0.533. The van der Waals surface area contributed by atoms with Crippen LogP contribution in [0.5, 0.6) is 0 Å². The van der Waals surface area contributed by atoms with E-state index >= 15 is 0 Å². The van der Waals surface area contributed by atoms with Gasteiger partial charge in [-0.1, -0.05) is 23.2 Å². The predicted octanol–water partition coefficient (Wildman–Crippen LogP) is 2.50. The van der Waals surface area contributed by atoms with Gasteiger partial charge >= 0.3 is 6.03 Å². The van der Waals surface area contributed by atoms with Crippen molar-refractivity contribution in [3.8, 4) is 0 Å². The van der Waals surface area contributed by atoms with Crippen LogP contribution in [0.3, 0.4) is 0 Å². The first-order valence-electron chi connectivity index (χ1n) is 9.08. The molecule has 0 bridgehead atoms. The van der Waals surface area contributed by atoms with E-state index in [0.717, 1.165) is 0 Å². The quantitative estimate of drug-likeness (QED) is 0.766. The van der Waals surface area contributed by atoms with Crippen molar-refractivity contribution in [2.45, 2.75) is 26.1 Å². The van der Waals surface area contributed by atoms with Gasteiger partial charge in [0.1, 0.15) is 0 Å². The van der Waals surface area contributed by atoms with Crippen molar-refractivity contribution in [3.05, 3.63) is 28.2 Å². The minimum absolute atomic E-state index is 0.142. The molecule has 3 rings (SSSR count). The van der Waals surface area contributed by atoms with E-state index in [9.17, 15) is 13.2 Å². The van der Waals surface area contributed by atoms with Gasteiger partial charge in [-0.25, -0.2) is 4.79 Å². The molecule has 11 heteroatoms. The van der Waals surface area contributed by atoms with Crippen LogP contribution in [0.2, 0.25) is 10.0 Å². The Labute approximate surface area is 175 Å². The van der Waals surface area contributed by atoms with E-state index in [2.05, 4.69) is 5.32 Å². The number of urea groups is 1. The summed E-state index contributed by atoms with van der Waals surface area (Å²) in [5, 5.41) is 3.52. The number of hydrogen-bond donors (Lipinski definition) is 1. The highest BCUT2D eigenvalue weighted by molar-refractivity contribution is 7.86. The fraction of sp³-hybridized carbons (Fsp3) is 0.588. The van der Waals surface area contributed by atoms with Gasteiger partial charge in [-0.3, -0.25) is 0 Å². The largest absolute Gasteiger partial charge is 0.373 e. The SMILES string of the molecule is C[C@@H]1CN(S(=O)(=O)N2CCN(C(=O)Nc3ccc(Cl)c(Cl)c3)CC2)C[C@@H](C)O1. The molecule has 1 N–H and O–H groups in total. The molecule has 2 amide bonds. The highest BCUT2D eigenvalue weighted by Crippen LogP contribution is 2.25. The lowest BCUT2D eigenvalue weighted by molar-refractivity contribution is -0.0456. The van der Waals surface area contributed by atoms with Gasteiger partial charge in [0.25, 0.3) is 10.2 Å². The molecular formula is C17H24Cl2N4O4S. The summed E-state index contributed by atoms with van der Waals surface area (Å²) in [6.07, 6.45) is -0.284. The molecule has 2 aliphatic rings. The van der Waals surface area contributed by atoms with Crippen LogP contribution < -0.4 is 5.32 Å². The van der Waals surface area contributed by atoms with Gasteiger partial charge < -0.3 is 15.0 Å². The molecule has 0 aliphatic carbocycles. The summed E-state index contributed by atoms with van der Waals surface area (Å²) in [7, 11) is -3.57. The Morgan fingerprint density at radius 2 is 1.64 bits per heavy atom. The Bertz CT molecular complexity index is 820. The molecule has 8 nitrogen and oxygen atoms in total. The molecular weight excluding hydrogens is 427 g/mol. The van der Waals surface area contributed by atoms with E-state index in [0.29, 0.717) is 41.9 Å². The number of hydrogen-bond acceptors (Lipinski definition) is 4. The van der Waals surface area contributed by atoms with Gasteiger partial charge in [0.15, 0.2) is 0 Å². The first-order chi connectivity index (χ1) is 13.2. The molecule has 0 aromatic heterocycles. The minimum atomic E-state index is -3.57. The highest BCUT2D eigenvalue weighted by Gasteiger charge is 2.37. The second-order valence-electron chi connectivity index (χ2n) is 7.03. The van der Waals surface area contributed by atoms with Crippen molar-refractivity contribution >= 4 is 45.1 Å². The number of anilines is 1. The van der Waals surface area contributed by atoms with Crippen molar-refractivity contribution < 1.29 is 17.9 Å². The van der Waals surface area contributed by atoms with Gasteiger partial charge in [-0.2, -0.15) is 17.0 Å². The molecule has 0 unspecified atom stereocenters. The standard InChI is InChI=1S/C17H24Cl2N4O4S/c1-12-10-23(11-13(2)27-12)28(25,26)22-7-5-21(6-8-22)17(24)20-14-3-4-15(18)16(19)9-14/h3-4,9,12-13H,5-8,10-11H2,1-2H3,(H,20,24)/t12-,13-/m1/s1. The Balaban J connectivity index is 1.57. The van der Waals surface area contributed by atoms with Crippen LogP contribution in [0.4, 0.5) is 10.5 Å². The summed E-state index contributed by atoms with van der Waals surface area (Å²) in [6, 6.07) is 4.54. The summed E-state index contributed by atoms with van der Waals surface area (Å²) in [4.78, 5) is 14.0. The average Bonchev–Trinajstić information content (AvgIpc) is 2.64. The van der Waals surface area contributed by atoms with Crippen LogP contribution in [0.15, 0.2) is 18.2 Å². The van der Waals surface area contributed by atoms with Crippen LogP contribution in [0, 0.1) is 0 Å². The van der Waals surface area contributed by atoms with Gasteiger partial charge in [0.2, 0.25) is 0 Å². The summed E-state index contributed by atoms with van der Waals surface area (Å²) in [5.74, 6) is 0. The van der Waals surface area contributed by atoms with Crippen molar-refractivity contribution in [2.24, 2.45) is 0 Å². The molecule has 2 saturated heterocycles. The molecule has 28 heavy (non-hydrogen) atoms. The number of halogens is 2. The third-order valence-corrected chi connectivity index (χ3v) is 7.44. The minimum Gasteiger partial charge on any atom is -0.373 e. The number of rotatable bonds is 3. The van der Waals surface area contributed by atoms with Crippen molar-refractivity contribution in [2.75, 3.05) is 44.6 Å². The summed E-state index contributed by atoms with van der Waals surface area (Å²) in [6.45, 7) is 5.51. The number of morpholine rings is 1. The van der Waals surface area contributed by atoms with Crippen LogP contribution in [0.25, 0.3) is 0 Å². The lowest BCUT2D eigenvalue weighted by Crippen LogP contribution is -2.58. The number of nitrogens with zero attached hydrogens (tertiary/aromatic N) is 3. The first kappa shape index (κ1) is 21.6. The number of amides is 2. The van der Waals surface area contributed by atoms with Gasteiger partial charge in [-0.15, -0.1) is 0 Å². The van der Waals surface area contributed by atoms with E-state index in [1.165, 1.54) is 8.61 Å². The molecule has 0 saturated carbocycles. The lowest BCUT2D eigenvalue weighted by Gasteiger charge is -2.40. The average molecular weight is 451 g/mol. The van der Waals surface area contributed by atoms with E-state index in [-0.39, 0.29) is 31.3 Å². The second kappa shape index (κ2) is 8.73. The van der Waals surface area contributed by atoms with E-state index < -0.39 is 10.2 Å². The van der Waals surface area contributed by atoms with Crippen molar-refractivity contribution in [3.63, 3.8) is 0 Å². The second-order valence-corrected chi connectivity index (χ2v) is 9.77. The van der Waals surface area contributed by atoms with Crippen molar-refractivity contribution in [1.29, 1.82) is 0 Å². The zero-order chi connectivity index (χ0) is 20.5. The Morgan fingerprint density at radius 3 is 2.21 bits per heavy atom. The zero-order valence-electron chi connectivity index (χ0n) is 15.8. The molecule has 2 atom stereocenters. The monoisotopic (exact) mass is 450 g/mol. The topological polar surface area (TPSA) is 82.2 Å². The summed E-state index contributed by atoms with van der Waals surface area (Å²) < 4.78 is 34.4. The third kappa shape index (κ3) is 4.90. The zero-order valence-corrected chi connectivity index (χ0v) is 18.1. The molecule has 2 fully saturated rings. The highest BCUT2D eigenvalue weighted by atomic mass is 35.5. The van der Waals surface area contributed by atoms with E-state index in [4.69, 9.17) is 27.9 Å². The lowest BCUT2D eigenvalue weighted by atomic mass is 10.3. The number of ether oxygens (including phenoxy) is 1. The number of carbonyl (C=O) groups excluding carboxylic acids is 1. The summed E-state index contributed by atoms with van der Waals surface area (Å²) >= 11 is 11.8. The fourth-order valence-corrected chi connectivity index (χ4v) is 5.43. The predicted molar refractivity (Wildman–Crippen MR) is 109 cm³/mol. The van der Waals surface area contributed by atoms with Gasteiger partial charge in [0.05, 0.1) is 22.3 Å². The normalized spacial score (nSPS) is 24.9. The van der Waals surface area contributed by atoms with Crippen LogP contribution in [-0.4, -0.2) is 79.4 Å². The smallest absolute Gasteiger partial charge is 0.321 e. The molecule has 156 valence electrons. The number of nitrogens with one attached hydrogen (secondary N) is 1. The number of benzene rings is 1. The molecule has 0 spiro atoms. The van der Waals surface area contributed by atoms with Crippen LogP contribution in [-0.2, 0) is 14.9 Å². The van der Waals surface area contributed by atoms with Gasteiger partial charge in [-0.05, 0) is 32.0 Å². The molecule has 1 aromatic carbocycles. The van der Waals surface area contributed by atoms with E-state index in [1.54, 1.807) is 23.1 Å². The maximum Gasteiger partial charge on any atom is 0.321 e. The Kier molecular flexibility index (Phi) is 6.73. The fourth-order valence-electron chi connectivity index (χ4n) is 3.38. The molecule has 0 radical (unpaired) electrons. The first-order valence-corrected chi connectivity index (χ1v) is 11.2. The molecule has 1 aromatic rings. The van der Waals surface area contributed by atoms with Crippen LogP contribution in [0.1, 0.15) is 13.8 Å².